The van der Waals surface area contributed by atoms with Crippen LogP contribution in [0.4, 0.5) is 0 Å². The van der Waals surface area contributed by atoms with Crippen LogP contribution in [0.1, 0.15) is 138 Å². The monoisotopic (exact) mass is 698 g/mol. The third-order valence-electron chi connectivity index (χ3n) is 13.0. The van der Waals surface area contributed by atoms with Gasteiger partial charge in [0.2, 0.25) is 0 Å². The summed E-state index contributed by atoms with van der Waals surface area (Å²) in [6.45, 7) is 13.7. The number of hydrogen-bond acceptors (Lipinski definition) is 5. The van der Waals surface area contributed by atoms with E-state index in [1.807, 2.05) is 0 Å². The van der Waals surface area contributed by atoms with E-state index in [0.717, 1.165) is 44.9 Å². The van der Waals surface area contributed by atoms with Crippen molar-refractivity contribution in [2.24, 2.45) is 46.3 Å². The maximum atomic E-state index is 11.5. The number of aliphatic carboxylic acids is 1. The zero-order valence-corrected chi connectivity index (χ0v) is 30.9. The van der Waals surface area contributed by atoms with Crippen molar-refractivity contribution >= 4 is 25.7 Å². The molecule has 3 unspecified atom stereocenters. The first-order chi connectivity index (χ1) is 19.9. The second-order valence-corrected chi connectivity index (χ2v) is 24.0. The molecule has 4 aliphatic carbocycles. The van der Waals surface area contributed by atoms with Gasteiger partial charge in [0.05, 0.1) is 18.3 Å². The van der Waals surface area contributed by atoms with Crippen LogP contribution in [-0.4, -0.2) is 59.4 Å². The number of aliphatic hydroxyl groups is 3. The van der Waals surface area contributed by atoms with Crippen molar-refractivity contribution in [3.8, 4) is 0 Å². The van der Waals surface area contributed by atoms with Crippen molar-refractivity contribution in [2.45, 2.75) is 169 Å². The van der Waals surface area contributed by atoms with Crippen molar-refractivity contribution in [3.63, 3.8) is 0 Å². The summed E-state index contributed by atoms with van der Waals surface area (Å²) in [6, 6.07) is 0. The average molecular weight is 698 g/mol. The summed E-state index contributed by atoms with van der Waals surface area (Å²) >= 11 is -0.839. The van der Waals surface area contributed by atoms with Crippen LogP contribution in [-0.2, 0) is 4.79 Å². The predicted molar refractivity (Wildman–Crippen MR) is 172 cm³/mol. The summed E-state index contributed by atoms with van der Waals surface area (Å²) in [7, 11) is 0. The molecule has 0 bridgehead atoms. The van der Waals surface area contributed by atoms with Crippen LogP contribution in [0.5, 0.6) is 0 Å². The van der Waals surface area contributed by atoms with E-state index in [4.69, 9.17) is 0 Å². The molecular weight excluding hydrogens is 631 g/mol. The first-order valence-corrected chi connectivity index (χ1v) is 24.1. The number of rotatable bonds is 13. The van der Waals surface area contributed by atoms with E-state index in [9.17, 15) is 25.2 Å². The Hall–Kier alpha value is 0.149. The molecule has 4 fully saturated rings. The molecule has 3 N–H and O–H groups in total. The summed E-state index contributed by atoms with van der Waals surface area (Å²) in [4.78, 5) is 11.0. The van der Waals surface area contributed by atoms with Gasteiger partial charge in [-0.25, -0.2) is 0 Å². The van der Waals surface area contributed by atoms with E-state index < -0.39 is 31.8 Å². The molecule has 0 aliphatic heterocycles. The van der Waals surface area contributed by atoms with Gasteiger partial charge in [0.25, 0.3) is 0 Å². The molecule has 0 spiro atoms. The Morgan fingerprint density at radius 3 is 2.02 bits per heavy atom. The van der Waals surface area contributed by atoms with Gasteiger partial charge in [0, 0.05) is 5.97 Å². The second-order valence-electron chi connectivity index (χ2n) is 15.5. The zero-order valence-electron chi connectivity index (χ0n) is 28.1. The molecule has 0 heterocycles. The molecule has 0 saturated heterocycles. The molecule has 0 aromatic carbocycles. The molecule has 4 saturated carbocycles. The van der Waals surface area contributed by atoms with E-state index in [1.54, 1.807) is 13.3 Å². The third-order valence-corrected chi connectivity index (χ3v) is 22.1. The van der Waals surface area contributed by atoms with Crippen molar-refractivity contribution < 1.29 is 25.2 Å². The van der Waals surface area contributed by atoms with Gasteiger partial charge in [-0.2, -0.15) is 0 Å². The van der Waals surface area contributed by atoms with E-state index in [1.165, 1.54) is 38.5 Å². The smallest absolute Gasteiger partial charge is 0.0602 e. The quantitative estimate of drug-likeness (QED) is 0.180. The number of carbonyl (C=O) groups is 1. The van der Waals surface area contributed by atoms with E-state index in [-0.39, 0.29) is 53.1 Å². The van der Waals surface area contributed by atoms with Crippen LogP contribution in [0, 0.1) is 46.3 Å². The van der Waals surface area contributed by atoms with E-state index >= 15 is 0 Å². The zero-order chi connectivity index (χ0) is 31.1. The van der Waals surface area contributed by atoms with Crippen molar-refractivity contribution in [2.75, 3.05) is 0 Å². The minimum atomic E-state index is -0.998. The van der Waals surface area contributed by atoms with Gasteiger partial charge in [0.15, 0.2) is 0 Å². The van der Waals surface area contributed by atoms with Crippen LogP contribution in [0.3, 0.4) is 0 Å². The molecule has 244 valence electrons. The SMILES string of the molecule is CCC[CH2][Sn+]([CH2]CCC)[CH2]CCC.C[C@H](CCC(=O)[O-])[C@H]1CCC2C3C(C[C@H](O)[C@@]21C)[C@@]1(C)CC[C@@H](O)C[C@H]1C[C@H]3O. The number of hydrogen-bond donors (Lipinski definition) is 3. The molecule has 0 aromatic rings. The maximum absolute atomic E-state index is 11.5. The molecular formula is C36H66O5Sn. The normalized spacial score (nSPS) is 39.7. The number of carboxylic acid groups (broad SMARTS) is 1. The largest absolute Gasteiger partial charge is 0.550 e. The van der Waals surface area contributed by atoms with Gasteiger partial charge in [-0.15, -0.1) is 0 Å². The van der Waals surface area contributed by atoms with Crippen LogP contribution in [0.2, 0.25) is 13.3 Å². The molecule has 4 rings (SSSR count). The van der Waals surface area contributed by atoms with Crippen LogP contribution >= 0.6 is 0 Å². The topological polar surface area (TPSA) is 101 Å². The number of fused-ring (bicyclic) bond motifs is 5. The summed E-state index contributed by atoms with van der Waals surface area (Å²) in [5.41, 5.74) is -0.172. The van der Waals surface area contributed by atoms with Crippen molar-refractivity contribution in [3.05, 3.63) is 0 Å². The van der Waals surface area contributed by atoms with Gasteiger partial charge >= 0.3 is 92.4 Å². The molecule has 4 aliphatic rings. The fraction of sp³-hybridized carbons (Fsp3) is 0.972. The predicted octanol–water partition coefficient (Wildman–Crippen LogP) is 7.00. The maximum Gasteiger partial charge on any atom is 0.0602 e. The Kier molecular flexibility index (Phi) is 14.5. The van der Waals surface area contributed by atoms with Gasteiger partial charge in [-0.3, -0.25) is 0 Å². The molecule has 0 radical (unpaired) electrons. The van der Waals surface area contributed by atoms with Gasteiger partial charge in [-0.05, 0) is 104 Å². The summed E-state index contributed by atoms with van der Waals surface area (Å²) < 4.78 is 5.04. The Balaban J connectivity index is 0.000000316. The fourth-order valence-corrected chi connectivity index (χ4v) is 19.8. The van der Waals surface area contributed by atoms with Gasteiger partial charge in [-0.1, -0.05) is 20.8 Å². The van der Waals surface area contributed by atoms with Gasteiger partial charge in [0.1, 0.15) is 0 Å². The number of aliphatic hydroxyl groups excluding tert-OH is 3. The molecule has 0 amide bonds. The van der Waals surface area contributed by atoms with Crippen molar-refractivity contribution in [1.29, 1.82) is 0 Å². The Morgan fingerprint density at radius 1 is 0.881 bits per heavy atom. The van der Waals surface area contributed by atoms with Crippen molar-refractivity contribution in [1.82, 2.24) is 0 Å². The molecule has 6 heteroatoms. The number of carbonyl (C=O) groups excluding carboxylic acids is 1. The van der Waals surface area contributed by atoms with Crippen LogP contribution in [0.25, 0.3) is 0 Å². The first kappa shape index (κ1) is 36.6. The second kappa shape index (κ2) is 16.6. The van der Waals surface area contributed by atoms with E-state index in [2.05, 4.69) is 41.5 Å². The minimum Gasteiger partial charge on any atom is -0.550 e. The Labute approximate surface area is 265 Å². The van der Waals surface area contributed by atoms with Gasteiger partial charge < -0.3 is 25.2 Å². The number of carboxylic acids is 1. The third kappa shape index (κ3) is 8.29. The standard InChI is InChI=1S/C24H40O5.3C4H9.Sn/c1-13(4-7-21(28)29)16-5-6-17-22-18(12-20(27)24(16,17)3)23(2)9-8-15(25)10-14(23)11-19(22)26;3*1-3-4-2;/h13-20,22,25-27H,4-12H2,1-3H3,(H,28,29);3*1,3-4H2,2H3;/q;;;;+1/p-1/t13-,14+,15-,16-,17?,18?,19-,20+,22?,23+,24-;;;;/m1..../s1. The first-order valence-electron chi connectivity index (χ1n) is 18.0. The molecule has 0 aromatic heterocycles. The summed E-state index contributed by atoms with van der Waals surface area (Å²) in [6.07, 6.45) is 14.6. The Morgan fingerprint density at radius 2 is 1.48 bits per heavy atom. The average Bonchev–Trinajstić information content (AvgIpc) is 3.31. The Bertz CT molecular complexity index is 804. The number of unbranched alkanes of at least 4 members (excludes halogenated alkanes) is 3. The fourth-order valence-electron chi connectivity index (χ4n) is 10.3. The molecule has 42 heavy (non-hydrogen) atoms. The molecule has 11 atom stereocenters. The minimum absolute atomic E-state index is 0.0747. The van der Waals surface area contributed by atoms with Crippen LogP contribution in [0.15, 0.2) is 0 Å². The summed E-state index contributed by atoms with van der Waals surface area (Å²) in [5.74, 6) is 0.635. The molecule has 5 nitrogen and oxygen atoms in total. The summed E-state index contributed by atoms with van der Waals surface area (Å²) in [5, 5.41) is 43.9. The van der Waals surface area contributed by atoms with E-state index in [0.29, 0.717) is 18.3 Å². The van der Waals surface area contributed by atoms with Crippen LogP contribution < -0.4 is 5.11 Å².